The highest BCUT2D eigenvalue weighted by molar-refractivity contribution is 5.60. The van der Waals surface area contributed by atoms with Gasteiger partial charge in [-0.1, -0.05) is 0 Å². The minimum atomic E-state index is -1.26. The van der Waals surface area contributed by atoms with Crippen LogP contribution in [0, 0.1) is 26.0 Å². The lowest BCUT2D eigenvalue weighted by Gasteiger charge is -1.96. The molecule has 0 amide bonds. The van der Waals surface area contributed by atoms with Crippen LogP contribution in [-0.4, -0.2) is 9.85 Å². The molecule has 0 aliphatic rings. The Morgan fingerprint density at radius 3 is 2.07 bits per heavy atom. The first-order chi connectivity index (χ1) is 6.43. The molecule has 14 heavy (non-hydrogen) atoms. The van der Waals surface area contributed by atoms with Crippen LogP contribution in [0.5, 0.6) is 0 Å². The fraction of sp³-hybridized carbons (Fsp3) is 0. The van der Waals surface area contributed by atoms with Crippen molar-refractivity contribution in [1.29, 1.82) is 0 Å². The van der Waals surface area contributed by atoms with Gasteiger partial charge in [-0.3, -0.25) is 26.0 Å². The number of nitro benzene ring substituents is 2. The summed E-state index contributed by atoms with van der Waals surface area (Å²) in [5, 5.41) is 20.4. The second-order valence-electron chi connectivity index (χ2n) is 2.33. The van der Waals surface area contributed by atoms with E-state index in [0.717, 1.165) is 0 Å². The zero-order valence-electron chi connectivity index (χ0n) is 6.56. The first kappa shape index (κ1) is 9.84. The third-order valence-corrected chi connectivity index (χ3v) is 1.46. The van der Waals surface area contributed by atoms with Crippen molar-refractivity contribution < 1.29 is 14.2 Å². The van der Waals surface area contributed by atoms with Crippen molar-refractivity contribution in [2.45, 2.75) is 0 Å². The average Bonchev–Trinajstić information content (AvgIpc) is 2.02. The SMILES string of the molecule is [NH]c1cc(F)c([N+](=O)[O-])cc1[N+](=O)[O-]. The zero-order valence-corrected chi connectivity index (χ0v) is 6.56. The molecule has 0 fully saturated rings. The molecule has 0 heterocycles. The Balaban J connectivity index is 3.42. The molecule has 1 rings (SSSR count). The lowest BCUT2D eigenvalue weighted by molar-refractivity contribution is -0.395. The third kappa shape index (κ3) is 1.58. The highest BCUT2D eigenvalue weighted by Gasteiger charge is 2.23. The highest BCUT2D eigenvalue weighted by Crippen LogP contribution is 2.30. The molecule has 0 spiro atoms. The normalized spacial score (nSPS) is 9.79. The summed E-state index contributed by atoms with van der Waals surface area (Å²) in [6.07, 6.45) is 0. The number of nitro groups is 2. The lowest BCUT2D eigenvalue weighted by atomic mass is 10.2. The molecule has 1 radical (unpaired) electrons. The number of halogens is 1. The van der Waals surface area contributed by atoms with E-state index in [9.17, 15) is 24.6 Å². The molecule has 0 bridgehead atoms. The Kier molecular flexibility index (Phi) is 2.28. The standard InChI is InChI=1S/C6H3FN3O4/c7-3-1-4(8)6(10(13)14)2-5(3)9(11)12/h1-2,8H. The van der Waals surface area contributed by atoms with Crippen molar-refractivity contribution in [3.63, 3.8) is 0 Å². The van der Waals surface area contributed by atoms with Crippen molar-refractivity contribution in [2.24, 2.45) is 0 Å². The lowest BCUT2D eigenvalue weighted by Crippen LogP contribution is -1.96. The minimum Gasteiger partial charge on any atom is -0.294 e. The summed E-state index contributed by atoms with van der Waals surface area (Å²) in [5.74, 6) is -1.26. The monoisotopic (exact) mass is 200 g/mol. The molecule has 73 valence electrons. The Morgan fingerprint density at radius 2 is 1.64 bits per heavy atom. The minimum absolute atomic E-state index is 0.428. The van der Waals surface area contributed by atoms with Gasteiger partial charge >= 0.3 is 11.4 Å². The molecule has 0 saturated carbocycles. The van der Waals surface area contributed by atoms with Crippen LogP contribution >= 0.6 is 0 Å². The molecular formula is C6H3FN3O4. The summed E-state index contributed by atoms with van der Waals surface area (Å²) in [6.45, 7) is 0. The van der Waals surface area contributed by atoms with E-state index in [2.05, 4.69) is 0 Å². The van der Waals surface area contributed by atoms with Crippen LogP contribution in [0.3, 0.4) is 0 Å². The molecule has 7 nitrogen and oxygen atoms in total. The van der Waals surface area contributed by atoms with Crippen molar-refractivity contribution in [3.8, 4) is 0 Å². The molecule has 0 aromatic heterocycles. The van der Waals surface area contributed by atoms with Gasteiger partial charge in [0.25, 0.3) is 0 Å². The maximum atomic E-state index is 12.8. The predicted molar refractivity (Wildman–Crippen MR) is 42.5 cm³/mol. The Labute approximate surface area is 76.2 Å². The Hall–Kier alpha value is -2.25. The average molecular weight is 200 g/mol. The maximum Gasteiger partial charge on any atom is 0.311 e. The van der Waals surface area contributed by atoms with Crippen molar-refractivity contribution in [1.82, 2.24) is 5.73 Å². The van der Waals surface area contributed by atoms with Crippen molar-refractivity contribution in [3.05, 3.63) is 38.2 Å². The molecule has 8 heteroatoms. The third-order valence-electron chi connectivity index (χ3n) is 1.46. The van der Waals surface area contributed by atoms with Crippen LogP contribution < -0.4 is 5.73 Å². The Morgan fingerprint density at radius 1 is 1.14 bits per heavy atom. The summed E-state index contributed by atoms with van der Waals surface area (Å²) in [6, 6.07) is 0.869. The van der Waals surface area contributed by atoms with E-state index in [1.54, 1.807) is 0 Å². The molecule has 1 N–H and O–H groups in total. The first-order valence-electron chi connectivity index (χ1n) is 3.27. The van der Waals surface area contributed by atoms with Gasteiger partial charge in [-0.25, -0.2) is 0 Å². The molecule has 1 aromatic rings. The molecule has 0 aliphatic carbocycles. The van der Waals surface area contributed by atoms with E-state index in [0.29, 0.717) is 12.1 Å². The van der Waals surface area contributed by atoms with Gasteiger partial charge in [0.05, 0.1) is 15.9 Å². The summed E-state index contributed by atoms with van der Waals surface area (Å²) >= 11 is 0. The molecule has 0 atom stereocenters. The van der Waals surface area contributed by atoms with E-state index >= 15 is 0 Å². The van der Waals surface area contributed by atoms with Crippen LogP contribution in [0.15, 0.2) is 12.1 Å². The van der Waals surface area contributed by atoms with Crippen LogP contribution in [0.2, 0.25) is 0 Å². The van der Waals surface area contributed by atoms with Gasteiger partial charge in [0.2, 0.25) is 5.82 Å². The van der Waals surface area contributed by atoms with Crippen molar-refractivity contribution >= 4 is 17.1 Å². The smallest absolute Gasteiger partial charge is 0.294 e. The van der Waals surface area contributed by atoms with E-state index in [-0.39, 0.29) is 0 Å². The number of hydrogen-bond donors (Lipinski definition) is 0. The number of nitrogens with one attached hydrogen (secondary N) is 1. The second kappa shape index (κ2) is 3.24. The Bertz CT molecular complexity index is 385. The number of rotatable bonds is 2. The summed E-state index contributed by atoms with van der Waals surface area (Å²) in [4.78, 5) is 18.4. The largest absolute Gasteiger partial charge is 0.311 e. The predicted octanol–water partition coefficient (Wildman–Crippen LogP) is 1.56. The molecule has 0 aliphatic heterocycles. The van der Waals surface area contributed by atoms with Crippen molar-refractivity contribution in [2.75, 3.05) is 0 Å². The van der Waals surface area contributed by atoms with E-state index in [4.69, 9.17) is 5.73 Å². The van der Waals surface area contributed by atoms with E-state index in [1.807, 2.05) is 0 Å². The van der Waals surface area contributed by atoms with Crippen LogP contribution in [0.25, 0.3) is 0 Å². The zero-order chi connectivity index (χ0) is 10.9. The molecule has 1 aromatic carbocycles. The first-order valence-corrected chi connectivity index (χ1v) is 3.27. The summed E-state index contributed by atoms with van der Waals surface area (Å²) < 4.78 is 12.8. The molecular weight excluding hydrogens is 197 g/mol. The van der Waals surface area contributed by atoms with Crippen LogP contribution in [0.1, 0.15) is 0 Å². The topological polar surface area (TPSA) is 110 Å². The number of hydrogen-bond acceptors (Lipinski definition) is 4. The summed E-state index contributed by atoms with van der Waals surface area (Å²) in [7, 11) is 0. The maximum absolute atomic E-state index is 12.8. The van der Waals surface area contributed by atoms with E-state index < -0.39 is 32.7 Å². The van der Waals surface area contributed by atoms with Gasteiger partial charge in [-0.2, -0.15) is 4.39 Å². The van der Waals surface area contributed by atoms with Gasteiger partial charge in [-0.05, 0) is 0 Å². The fourth-order valence-corrected chi connectivity index (χ4v) is 0.842. The quantitative estimate of drug-likeness (QED) is 0.532. The second-order valence-corrected chi connectivity index (χ2v) is 2.33. The van der Waals surface area contributed by atoms with Gasteiger partial charge in [0, 0.05) is 6.07 Å². The van der Waals surface area contributed by atoms with Gasteiger partial charge in [-0.15, -0.1) is 0 Å². The number of benzene rings is 1. The van der Waals surface area contributed by atoms with Crippen LogP contribution in [0.4, 0.5) is 21.5 Å². The fourth-order valence-electron chi connectivity index (χ4n) is 0.842. The van der Waals surface area contributed by atoms with Crippen LogP contribution in [-0.2, 0) is 0 Å². The molecule has 0 saturated heterocycles. The molecule has 0 unspecified atom stereocenters. The van der Waals surface area contributed by atoms with Gasteiger partial charge < -0.3 is 0 Å². The van der Waals surface area contributed by atoms with E-state index in [1.165, 1.54) is 0 Å². The van der Waals surface area contributed by atoms with Gasteiger partial charge in [0.15, 0.2) is 0 Å². The summed E-state index contributed by atoms with van der Waals surface area (Å²) in [5.41, 5.74) is 4.48. The highest BCUT2D eigenvalue weighted by atomic mass is 19.1. The number of nitrogens with zero attached hydrogens (tertiary/aromatic N) is 2. The van der Waals surface area contributed by atoms with Gasteiger partial charge in [0.1, 0.15) is 5.69 Å².